The Balaban J connectivity index is 1.82. The molecule has 0 amide bonds. The van der Waals surface area contributed by atoms with Crippen LogP contribution in [0.15, 0.2) is 6.33 Å². The standard InChI is InChI=1S/C26H44N7O10P/c1-13(2)9-40-22(35)15(5)31-44(38,32-16(6)23(36)41-10-14(3)4)42-11-17-19(34)26(7,37)24(43-17)33-12-28-18-20(33)29-25(27)30-21(18)39-8/h12-17,19,24,34,37H,9-11H2,1-8H3,(H2,27,29,30)(H2,31,32,38)/t15-,16-,17+,19+,24+,26+/m0/s1. The third-order valence-electron chi connectivity index (χ3n) is 6.58. The number of rotatable bonds is 15. The second-order valence-corrected chi connectivity index (χ2v) is 13.6. The number of imidazole rings is 1. The minimum Gasteiger partial charge on any atom is -0.479 e. The molecule has 17 nitrogen and oxygen atoms in total. The minimum absolute atomic E-state index is 0.0708. The molecule has 0 aliphatic carbocycles. The molecule has 3 rings (SSSR count). The van der Waals surface area contributed by atoms with Crippen LogP contribution in [0.2, 0.25) is 0 Å². The van der Waals surface area contributed by atoms with Gasteiger partial charge in [-0.25, -0.2) is 15.2 Å². The van der Waals surface area contributed by atoms with E-state index in [-0.39, 0.29) is 48.0 Å². The number of nitrogen functional groups attached to an aromatic ring is 1. The molecule has 6 N–H and O–H groups in total. The first kappa shape index (κ1) is 35.6. The minimum atomic E-state index is -4.24. The van der Waals surface area contributed by atoms with E-state index in [1.165, 1.54) is 38.8 Å². The summed E-state index contributed by atoms with van der Waals surface area (Å²) < 4.78 is 42.7. The second kappa shape index (κ2) is 14.5. The van der Waals surface area contributed by atoms with Crippen molar-refractivity contribution in [3.63, 3.8) is 0 Å². The smallest absolute Gasteiger partial charge is 0.342 e. The van der Waals surface area contributed by atoms with Crippen molar-refractivity contribution in [3.8, 4) is 5.88 Å². The van der Waals surface area contributed by atoms with Crippen LogP contribution in [-0.4, -0.2) is 98.5 Å². The summed E-state index contributed by atoms with van der Waals surface area (Å²) in [5.74, 6) is -1.26. The molecule has 0 bridgehead atoms. The summed E-state index contributed by atoms with van der Waals surface area (Å²) >= 11 is 0. The number of esters is 2. The summed E-state index contributed by atoms with van der Waals surface area (Å²) in [5.41, 5.74) is 4.30. The molecule has 1 aliphatic heterocycles. The van der Waals surface area contributed by atoms with E-state index in [2.05, 4.69) is 25.1 Å². The highest BCUT2D eigenvalue weighted by Crippen LogP contribution is 2.44. The predicted octanol–water partition coefficient (Wildman–Crippen LogP) is 0.906. The van der Waals surface area contributed by atoms with Crippen LogP contribution in [0.5, 0.6) is 5.88 Å². The first-order chi connectivity index (χ1) is 20.5. The van der Waals surface area contributed by atoms with Gasteiger partial charge < -0.3 is 39.4 Å². The van der Waals surface area contributed by atoms with Crippen molar-refractivity contribution in [2.75, 3.05) is 32.7 Å². The topological polar surface area (TPSA) is 231 Å². The number of ether oxygens (including phenoxy) is 4. The molecule has 3 heterocycles. The molecule has 44 heavy (non-hydrogen) atoms. The molecular weight excluding hydrogens is 601 g/mol. The van der Waals surface area contributed by atoms with Crippen LogP contribution in [0.3, 0.4) is 0 Å². The molecule has 0 radical (unpaired) electrons. The molecule has 1 aliphatic rings. The van der Waals surface area contributed by atoms with Crippen molar-refractivity contribution in [2.24, 2.45) is 11.8 Å². The lowest BCUT2D eigenvalue weighted by Gasteiger charge is -2.28. The maximum Gasteiger partial charge on any atom is 0.342 e. The van der Waals surface area contributed by atoms with Crippen LogP contribution in [0.1, 0.15) is 54.7 Å². The van der Waals surface area contributed by atoms with Gasteiger partial charge in [-0.2, -0.15) is 9.97 Å². The van der Waals surface area contributed by atoms with Gasteiger partial charge in [0.15, 0.2) is 17.4 Å². The lowest BCUT2D eigenvalue weighted by molar-refractivity contribution is -0.146. The summed E-state index contributed by atoms with van der Waals surface area (Å²) in [5, 5.41) is 27.5. The van der Waals surface area contributed by atoms with Gasteiger partial charge in [0.1, 0.15) is 29.9 Å². The summed E-state index contributed by atoms with van der Waals surface area (Å²) in [6.45, 7) is 11.4. The summed E-state index contributed by atoms with van der Waals surface area (Å²) in [6, 6.07) is -2.23. The Morgan fingerprint density at radius 1 is 1.09 bits per heavy atom. The summed E-state index contributed by atoms with van der Waals surface area (Å²) in [4.78, 5) is 37.5. The van der Waals surface area contributed by atoms with Gasteiger partial charge in [-0.15, -0.1) is 0 Å². The van der Waals surface area contributed by atoms with Crippen molar-refractivity contribution >= 4 is 36.7 Å². The van der Waals surface area contributed by atoms with Crippen molar-refractivity contribution < 1.29 is 47.8 Å². The number of aliphatic hydroxyl groups is 2. The van der Waals surface area contributed by atoms with Gasteiger partial charge in [-0.1, -0.05) is 27.7 Å². The zero-order chi connectivity index (χ0) is 33.0. The number of anilines is 1. The van der Waals surface area contributed by atoms with Gasteiger partial charge in [-0.3, -0.25) is 18.7 Å². The number of hydrogen-bond donors (Lipinski definition) is 5. The number of methoxy groups -OCH3 is 1. The van der Waals surface area contributed by atoms with E-state index < -0.39 is 62.3 Å². The number of fused-ring (bicyclic) bond motifs is 1. The maximum atomic E-state index is 14.0. The van der Waals surface area contributed by atoms with Crippen molar-refractivity contribution in [2.45, 2.75) is 84.6 Å². The predicted molar refractivity (Wildman–Crippen MR) is 157 cm³/mol. The van der Waals surface area contributed by atoms with Crippen molar-refractivity contribution in [1.29, 1.82) is 0 Å². The van der Waals surface area contributed by atoms with Gasteiger partial charge in [-0.05, 0) is 32.6 Å². The van der Waals surface area contributed by atoms with Crippen LogP contribution >= 0.6 is 7.67 Å². The normalized spacial score (nSPS) is 23.7. The second-order valence-electron chi connectivity index (χ2n) is 11.7. The van der Waals surface area contributed by atoms with Crippen LogP contribution in [0.4, 0.5) is 5.95 Å². The van der Waals surface area contributed by atoms with E-state index in [0.29, 0.717) is 0 Å². The molecule has 248 valence electrons. The lowest BCUT2D eigenvalue weighted by atomic mass is 9.96. The van der Waals surface area contributed by atoms with E-state index in [0.717, 1.165) is 0 Å². The Labute approximate surface area is 255 Å². The average molecular weight is 646 g/mol. The van der Waals surface area contributed by atoms with E-state index >= 15 is 0 Å². The monoisotopic (exact) mass is 645 g/mol. The molecule has 18 heteroatoms. The van der Waals surface area contributed by atoms with Crippen LogP contribution < -0.4 is 20.6 Å². The van der Waals surface area contributed by atoms with E-state index in [4.69, 9.17) is 29.2 Å². The highest BCUT2D eigenvalue weighted by Gasteiger charge is 2.54. The fourth-order valence-corrected chi connectivity index (χ4v) is 6.06. The third-order valence-corrected chi connectivity index (χ3v) is 8.55. The first-order valence-electron chi connectivity index (χ1n) is 14.2. The molecule has 2 aromatic rings. The van der Waals surface area contributed by atoms with Crippen molar-refractivity contribution in [1.82, 2.24) is 29.7 Å². The SMILES string of the molecule is COc1nc(N)nc2c1ncn2[C@@H]1O[C@H](COP(=O)(N[C@@H](C)C(=O)OCC(C)C)N[C@@H](C)C(=O)OCC(C)C)[C@@H](O)[C@@]1(C)O. The Kier molecular flexibility index (Phi) is 11.7. The first-order valence-corrected chi connectivity index (χ1v) is 15.8. The van der Waals surface area contributed by atoms with Gasteiger partial charge in [0.25, 0.3) is 0 Å². The van der Waals surface area contributed by atoms with Crippen LogP contribution in [0.25, 0.3) is 11.2 Å². The number of nitrogens with one attached hydrogen (secondary N) is 2. The molecule has 0 saturated carbocycles. The largest absolute Gasteiger partial charge is 0.479 e. The zero-order valence-electron chi connectivity index (χ0n) is 26.2. The lowest BCUT2D eigenvalue weighted by Crippen LogP contribution is -2.45. The zero-order valence-corrected chi connectivity index (χ0v) is 27.1. The Bertz CT molecular complexity index is 1320. The number of carbonyl (C=O) groups excluding carboxylic acids is 2. The number of nitrogens with zero attached hydrogens (tertiary/aromatic N) is 4. The van der Waals surface area contributed by atoms with Gasteiger partial charge >= 0.3 is 19.6 Å². The molecule has 0 aromatic carbocycles. The summed E-state index contributed by atoms with van der Waals surface area (Å²) in [6.07, 6.45) is -2.72. The fraction of sp³-hybridized carbons (Fsp3) is 0.731. The Morgan fingerprint density at radius 3 is 2.14 bits per heavy atom. The number of nitrogens with two attached hydrogens (primary N) is 1. The van der Waals surface area contributed by atoms with Crippen LogP contribution in [-0.2, 0) is 32.9 Å². The molecule has 1 saturated heterocycles. The molecule has 0 unspecified atom stereocenters. The van der Waals surface area contributed by atoms with E-state index in [9.17, 15) is 24.4 Å². The number of aliphatic hydroxyl groups excluding tert-OH is 1. The highest BCUT2D eigenvalue weighted by molar-refractivity contribution is 7.54. The molecular formula is C26H44N7O10P. The quantitative estimate of drug-likeness (QED) is 0.134. The van der Waals surface area contributed by atoms with Gasteiger partial charge in [0.2, 0.25) is 11.8 Å². The number of hydrogen-bond acceptors (Lipinski definition) is 14. The molecule has 0 spiro atoms. The average Bonchev–Trinajstić information content (AvgIpc) is 3.45. The Hall–Kier alpha value is -2.92. The summed E-state index contributed by atoms with van der Waals surface area (Å²) in [7, 11) is -2.85. The number of carbonyl (C=O) groups is 2. The fourth-order valence-electron chi connectivity index (χ4n) is 4.25. The molecule has 6 atom stereocenters. The third kappa shape index (κ3) is 8.41. The van der Waals surface area contributed by atoms with Gasteiger partial charge in [0, 0.05) is 0 Å². The number of aromatic nitrogens is 4. The highest BCUT2D eigenvalue weighted by atomic mass is 31.2. The van der Waals surface area contributed by atoms with Crippen molar-refractivity contribution in [3.05, 3.63) is 6.33 Å². The Morgan fingerprint density at radius 2 is 1.64 bits per heavy atom. The van der Waals surface area contributed by atoms with Crippen LogP contribution in [0, 0.1) is 11.8 Å². The van der Waals surface area contributed by atoms with Gasteiger partial charge in [0.05, 0.1) is 33.3 Å². The molecule has 1 fully saturated rings. The molecule has 2 aromatic heterocycles. The van der Waals surface area contributed by atoms with E-state index in [1.54, 1.807) is 0 Å². The maximum absolute atomic E-state index is 14.0. The van der Waals surface area contributed by atoms with E-state index in [1.807, 2.05) is 27.7 Å².